The van der Waals surface area contributed by atoms with Gasteiger partial charge in [-0.3, -0.25) is 0 Å². The molecule has 0 spiro atoms. The summed E-state index contributed by atoms with van der Waals surface area (Å²) in [5.41, 5.74) is 1.72. The number of rotatable bonds is 4. The van der Waals surface area contributed by atoms with Gasteiger partial charge in [0.25, 0.3) is 0 Å². The summed E-state index contributed by atoms with van der Waals surface area (Å²) in [6.45, 7) is 3.82. The van der Waals surface area contributed by atoms with Crippen LogP contribution < -0.4 is 15.4 Å². The van der Waals surface area contributed by atoms with Gasteiger partial charge >= 0.3 is 12.0 Å². The number of esters is 1. The molecule has 1 fully saturated rings. The van der Waals surface area contributed by atoms with Gasteiger partial charge < -0.3 is 20.1 Å². The number of allylic oxidation sites excluding steroid dienone is 1. The first-order valence-electron chi connectivity index (χ1n) is 8.73. The molecule has 0 radical (unpaired) electrons. The fourth-order valence-corrected chi connectivity index (χ4v) is 4.12. The molecule has 1 aliphatic heterocycles. The van der Waals surface area contributed by atoms with Crippen LogP contribution in [0.2, 0.25) is 0 Å². The van der Waals surface area contributed by atoms with Crippen LogP contribution in [0.5, 0.6) is 5.75 Å². The van der Waals surface area contributed by atoms with E-state index in [1.807, 2.05) is 12.1 Å². The summed E-state index contributed by atoms with van der Waals surface area (Å²) in [6.07, 6.45) is 2.96. The molecule has 140 valence electrons. The summed E-state index contributed by atoms with van der Waals surface area (Å²) < 4.78 is 11.8. The monoisotopic (exact) mass is 422 g/mol. The third-order valence-electron chi connectivity index (χ3n) is 5.04. The Bertz CT molecular complexity index is 762. The summed E-state index contributed by atoms with van der Waals surface area (Å²) in [4.78, 5) is 24.9. The maximum Gasteiger partial charge on any atom is 0.338 e. The van der Waals surface area contributed by atoms with Crippen LogP contribution in [0, 0.1) is 5.92 Å². The molecule has 3 atom stereocenters. The molecule has 26 heavy (non-hydrogen) atoms. The van der Waals surface area contributed by atoms with Gasteiger partial charge in [-0.1, -0.05) is 13.0 Å². The minimum atomic E-state index is -0.574. The van der Waals surface area contributed by atoms with Crippen LogP contribution in [0.4, 0.5) is 4.79 Å². The molecule has 6 nitrogen and oxygen atoms in total. The molecule has 1 aromatic rings. The maximum absolute atomic E-state index is 12.9. The van der Waals surface area contributed by atoms with Gasteiger partial charge in [0.15, 0.2) is 0 Å². The highest BCUT2D eigenvalue weighted by Gasteiger charge is 2.35. The highest BCUT2D eigenvalue weighted by molar-refractivity contribution is 9.10. The average molecular weight is 423 g/mol. The van der Waals surface area contributed by atoms with E-state index >= 15 is 0 Å². The van der Waals surface area contributed by atoms with Crippen molar-refractivity contribution in [3.05, 3.63) is 39.5 Å². The summed E-state index contributed by atoms with van der Waals surface area (Å²) in [7, 11) is 1.59. The SMILES string of the molecule is COc1ccc([C@H]2NC(=O)NC(C)=C2C(=O)O[C@H]2CCC[C@H]2C)cc1Br. The largest absolute Gasteiger partial charge is 0.496 e. The molecular weight excluding hydrogens is 400 g/mol. The van der Waals surface area contributed by atoms with E-state index in [1.54, 1.807) is 20.1 Å². The Kier molecular flexibility index (Phi) is 5.55. The van der Waals surface area contributed by atoms with E-state index in [-0.39, 0.29) is 18.1 Å². The zero-order chi connectivity index (χ0) is 18.8. The summed E-state index contributed by atoms with van der Waals surface area (Å²) >= 11 is 3.45. The van der Waals surface area contributed by atoms with Gasteiger partial charge in [0.05, 0.1) is 23.2 Å². The number of nitrogens with one attached hydrogen (secondary N) is 2. The van der Waals surface area contributed by atoms with E-state index in [0.717, 1.165) is 29.3 Å². The Morgan fingerprint density at radius 2 is 2.08 bits per heavy atom. The lowest BCUT2D eigenvalue weighted by atomic mass is 9.95. The van der Waals surface area contributed by atoms with Crippen LogP contribution in [0.15, 0.2) is 33.9 Å². The van der Waals surface area contributed by atoms with Gasteiger partial charge in [0, 0.05) is 5.70 Å². The summed E-state index contributed by atoms with van der Waals surface area (Å²) in [5, 5.41) is 5.50. The average Bonchev–Trinajstić information content (AvgIpc) is 2.98. The molecular formula is C19H23BrN2O4. The van der Waals surface area contributed by atoms with Crippen molar-refractivity contribution in [1.29, 1.82) is 0 Å². The van der Waals surface area contributed by atoms with Gasteiger partial charge in [-0.2, -0.15) is 0 Å². The third kappa shape index (κ3) is 3.72. The van der Waals surface area contributed by atoms with Crippen LogP contribution >= 0.6 is 15.9 Å². The molecule has 0 saturated heterocycles. The van der Waals surface area contributed by atoms with Crippen molar-refractivity contribution in [3.63, 3.8) is 0 Å². The molecule has 2 N–H and O–H groups in total. The molecule has 2 aliphatic rings. The number of amides is 2. The lowest BCUT2D eigenvalue weighted by molar-refractivity contribution is -0.146. The molecule has 0 bridgehead atoms. The Labute approximate surface area is 161 Å². The van der Waals surface area contributed by atoms with E-state index < -0.39 is 6.04 Å². The van der Waals surface area contributed by atoms with Crippen LogP contribution in [0.1, 0.15) is 44.7 Å². The third-order valence-corrected chi connectivity index (χ3v) is 5.66. The molecule has 1 aliphatic carbocycles. The van der Waals surface area contributed by atoms with Crippen molar-refractivity contribution in [2.75, 3.05) is 7.11 Å². The number of hydrogen-bond donors (Lipinski definition) is 2. The quantitative estimate of drug-likeness (QED) is 0.722. The van der Waals surface area contributed by atoms with Gasteiger partial charge in [-0.05, 0) is 65.7 Å². The van der Waals surface area contributed by atoms with E-state index in [2.05, 4.69) is 33.5 Å². The van der Waals surface area contributed by atoms with E-state index in [0.29, 0.717) is 22.9 Å². The number of carbonyl (C=O) groups is 2. The predicted molar refractivity (Wildman–Crippen MR) is 101 cm³/mol. The fourth-order valence-electron chi connectivity index (χ4n) is 3.56. The minimum Gasteiger partial charge on any atom is -0.496 e. The molecule has 7 heteroatoms. The van der Waals surface area contributed by atoms with Crippen molar-refractivity contribution >= 4 is 27.9 Å². The number of benzene rings is 1. The minimum absolute atomic E-state index is 0.0660. The first-order chi connectivity index (χ1) is 12.4. The second-order valence-electron chi connectivity index (χ2n) is 6.82. The van der Waals surface area contributed by atoms with Crippen LogP contribution in [-0.4, -0.2) is 25.2 Å². The standard InChI is InChI=1S/C19H23BrN2O4/c1-10-5-4-6-14(10)26-18(23)16-11(2)21-19(24)22-17(16)12-7-8-15(25-3)13(20)9-12/h7-10,14,17H,4-6H2,1-3H3,(H2,21,22,24)/t10-,14+,17-/m1/s1. The lowest BCUT2D eigenvalue weighted by Gasteiger charge is -2.29. The molecule has 3 rings (SSSR count). The van der Waals surface area contributed by atoms with Crippen LogP contribution in [0.25, 0.3) is 0 Å². The molecule has 1 aromatic carbocycles. The Balaban J connectivity index is 1.91. The second kappa shape index (κ2) is 7.70. The van der Waals surface area contributed by atoms with Gasteiger partial charge in [0.1, 0.15) is 11.9 Å². The van der Waals surface area contributed by atoms with E-state index in [9.17, 15) is 9.59 Å². The zero-order valence-corrected chi connectivity index (χ0v) is 16.7. The van der Waals surface area contributed by atoms with E-state index in [1.165, 1.54) is 0 Å². The number of carbonyl (C=O) groups excluding carboxylic acids is 2. The second-order valence-corrected chi connectivity index (χ2v) is 7.67. The number of hydrogen-bond acceptors (Lipinski definition) is 4. The number of halogens is 1. The first-order valence-corrected chi connectivity index (χ1v) is 9.52. The lowest BCUT2D eigenvalue weighted by Crippen LogP contribution is -2.45. The van der Waals surface area contributed by atoms with Gasteiger partial charge in [-0.15, -0.1) is 0 Å². The van der Waals surface area contributed by atoms with Crippen molar-refractivity contribution < 1.29 is 19.1 Å². The van der Waals surface area contributed by atoms with E-state index in [4.69, 9.17) is 9.47 Å². The molecule has 1 heterocycles. The first kappa shape index (κ1) is 18.8. The van der Waals surface area contributed by atoms with Crippen molar-refractivity contribution in [3.8, 4) is 5.75 Å². The Hall–Kier alpha value is -2.02. The Morgan fingerprint density at radius 1 is 1.31 bits per heavy atom. The zero-order valence-electron chi connectivity index (χ0n) is 15.1. The topological polar surface area (TPSA) is 76.7 Å². The van der Waals surface area contributed by atoms with Gasteiger partial charge in [-0.25, -0.2) is 9.59 Å². The number of urea groups is 1. The maximum atomic E-state index is 12.9. The molecule has 1 saturated carbocycles. The fraction of sp³-hybridized carbons (Fsp3) is 0.474. The highest BCUT2D eigenvalue weighted by atomic mass is 79.9. The predicted octanol–water partition coefficient (Wildman–Crippen LogP) is 3.82. The van der Waals surface area contributed by atoms with Gasteiger partial charge in [0.2, 0.25) is 0 Å². The number of ether oxygens (including phenoxy) is 2. The van der Waals surface area contributed by atoms with Crippen molar-refractivity contribution in [1.82, 2.24) is 10.6 Å². The van der Waals surface area contributed by atoms with Crippen molar-refractivity contribution in [2.45, 2.75) is 45.3 Å². The number of methoxy groups -OCH3 is 1. The molecule has 2 amide bonds. The summed E-state index contributed by atoms with van der Waals surface area (Å²) in [6, 6.07) is 4.55. The smallest absolute Gasteiger partial charge is 0.338 e. The highest BCUT2D eigenvalue weighted by Crippen LogP contribution is 2.34. The summed E-state index contributed by atoms with van der Waals surface area (Å²) in [5.74, 6) is 0.656. The molecule has 0 aromatic heterocycles. The van der Waals surface area contributed by atoms with Crippen molar-refractivity contribution in [2.24, 2.45) is 5.92 Å². The van der Waals surface area contributed by atoms with Crippen LogP contribution in [0.3, 0.4) is 0 Å². The normalized spacial score (nSPS) is 25.5. The Morgan fingerprint density at radius 3 is 2.69 bits per heavy atom. The van der Waals surface area contributed by atoms with Crippen LogP contribution in [-0.2, 0) is 9.53 Å². The molecule has 0 unspecified atom stereocenters.